The molecule has 0 amide bonds. The fraction of sp³-hybridized carbons (Fsp3) is 0.156. The Hall–Kier alpha value is -6.10. The number of ether oxygens (including phenoxy) is 1. The zero-order valence-electron chi connectivity index (χ0n) is 27.6. The van der Waals surface area contributed by atoms with Gasteiger partial charge in [0.15, 0.2) is 5.60 Å². The maximum absolute atomic E-state index is 9.88. The zero-order chi connectivity index (χ0) is 33.6. The summed E-state index contributed by atoms with van der Waals surface area (Å²) in [5.74, 6) is 0.589. The van der Waals surface area contributed by atoms with Gasteiger partial charge in [0.1, 0.15) is 5.76 Å². The van der Waals surface area contributed by atoms with Crippen LogP contribution < -0.4 is 4.90 Å². The molecule has 0 spiro atoms. The van der Waals surface area contributed by atoms with Gasteiger partial charge in [-0.2, -0.15) is 0 Å². The lowest BCUT2D eigenvalue weighted by Gasteiger charge is -2.39. The van der Waals surface area contributed by atoms with Gasteiger partial charge in [0.2, 0.25) is 0 Å². The highest BCUT2D eigenvalue weighted by Crippen LogP contribution is 2.46. The van der Waals surface area contributed by atoms with E-state index in [2.05, 4.69) is 89.5 Å². The van der Waals surface area contributed by atoms with E-state index in [1.165, 1.54) is 35.2 Å². The molecule has 49 heavy (non-hydrogen) atoms. The molecule has 5 aromatic carbocycles. The van der Waals surface area contributed by atoms with Crippen molar-refractivity contribution in [3.63, 3.8) is 0 Å². The van der Waals surface area contributed by atoms with Crippen molar-refractivity contribution in [2.24, 2.45) is 0 Å². The average Bonchev–Trinajstić information content (AvgIpc) is 3.16. The number of benzene rings is 5. The van der Waals surface area contributed by atoms with E-state index in [-0.39, 0.29) is 5.70 Å². The molecular formula is C45H37N3O. The SMILES string of the molecule is [C-]#[N+]/C(C#N)=C1C=C(/C=C/c2ccc(N(c3ccc(C)cc3)c3cccc4c3CCCC4)cc2)OC(c2ccccc2)(c2ccccc2)C/1. The molecule has 1 aliphatic carbocycles. The van der Waals surface area contributed by atoms with Gasteiger partial charge in [0, 0.05) is 34.6 Å². The number of nitriles is 1. The van der Waals surface area contributed by atoms with Crippen LogP contribution in [0.3, 0.4) is 0 Å². The van der Waals surface area contributed by atoms with E-state index in [1.807, 2.05) is 78.9 Å². The van der Waals surface area contributed by atoms with Crippen molar-refractivity contribution in [1.29, 1.82) is 5.26 Å². The summed E-state index contributed by atoms with van der Waals surface area (Å²) in [5.41, 5.74) is 10.4. The van der Waals surface area contributed by atoms with Gasteiger partial charge in [-0.3, -0.25) is 0 Å². The van der Waals surface area contributed by atoms with Crippen molar-refractivity contribution < 1.29 is 4.74 Å². The molecule has 7 rings (SSSR count). The molecule has 0 saturated heterocycles. The van der Waals surface area contributed by atoms with Crippen LogP contribution in [0.5, 0.6) is 0 Å². The normalized spacial score (nSPS) is 16.0. The Balaban J connectivity index is 1.26. The van der Waals surface area contributed by atoms with Crippen LogP contribution in [0, 0.1) is 24.8 Å². The average molecular weight is 636 g/mol. The number of anilines is 3. The molecule has 0 fully saturated rings. The number of hydrogen-bond acceptors (Lipinski definition) is 3. The Kier molecular flexibility index (Phi) is 8.96. The number of rotatable bonds is 7. The van der Waals surface area contributed by atoms with Gasteiger partial charge >= 0.3 is 0 Å². The molecule has 2 aliphatic rings. The highest BCUT2D eigenvalue weighted by Gasteiger charge is 2.40. The van der Waals surface area contributed by atoms with Crippen LogP contribution >= 0.6 is 0 Å². The van der Waals surface area contributed by atoms with Crippen LogP contribution in [0.15, 0.2) is 157 Å². The smallest absolute Gasteiger partial charge is 0.265 e. The van der Waals surface area contributed by atoms with E-state index in [4.69, 9.17) is 11.3 Å². The minimum absolute atomic E-state index is 0.0779. The third-order valence-electron chi connectivity index (χ3n) is 9.55. The van der Waals surface area contributed by atoms with E-state index >= 15 is 0 Å². The molecule has 238 valence electrons. The first-order valence-electron chi connectivity index (χ1n) is 16.9. The van der Waals surface area contributed by atoms with Gasteiger partial charge in [-0.15, -0.1) is 0 Å². The van der Waals surface area contributed by atoms with E-state index in [9.17, 15) is 5.26 Å². The number of allylic oxidation sites excluding steroid dienone is 3. The molecule has 5 aromatic rings. The maximum Gasteiger partial charge on any atom is 0.265 e. The van der Waals surface area contributed by atoms with Gasteiger partial charge in [-0.1, -0.05) is 109 Å². The summed E-state index contributed by atoms with van der Waals surface area (Å²) < 4.78 is 6.90. The number of hydrogen-bond donors (Lipinski definition) is 0. The zero-order valence-corrected chi connectivity index (χ0v) is 27.6. The highest BCUT2D eigenvalue weighted by molar-refractivity contribution is 5.80. The van der Waals surface area contributed by atoms with Crippen molar-refractivity contribution in [1.82, 2.24) is 0 Å². The Morgan fingerprint density at radius 3 is 2.04 bits per heavy atom. The van der Waals surface area contributed by atoms with Crippen LogP contribution in [-0.4, -0.2) is 0 Å². The molecule has 0 N–H and O–H groups in total. The van der Waals surface area contributed by atoms with Crippen LogP contribution in [0.1, 0.15) is 52.6 Å². The Morgan fingerprint density at radius 2 is 1.41 bits per heavy atom. The third kappa shape index (κ3) is 6.42. The minimum atomic E-state index is -0.897. The lowest BCUT2D eigenvalue weighted by atomic mass is 9.79. The fourth-order valence-electron chi connectivity index (χ4n) is 7.07. The molecule has 0 bridgehead atoms. The van der Waals surface area contributed by atoms with E-state index in [0.717, 1.165) is 40.9 Å². The predicted octanol–water partition coefficient (Wildman–Crippen LogP) is 11.3. The summed E-state index contributed by atoms with van der Waals surface area (Å²) in [4.78, 5) is 5.96. The standard InChI is InChI=1S/C45H37N3O/c1-33-20-25-39(26-21-33)48(44-19-11-13-35-12-9-10-18-42(35)44)40-27-22-34(23-28-40)24-29-41-30-36(43(32-46)47-2)31-45(49-41,37-14-5-3-6-15-37)38-16-7-4-8-17-38/h3-8,11,13-17,19-30H,9-10,12,18,31H2,1H3/b29-24+,43-36-. The molecule has 0 atom stereocenters. The molecule has 4 heteroatoms. The van der Waals surface area contributed by atoms with Crippen molar-refractivity contribution >= 4 is 23.1 Å². The van der Waals surface area contributed by atoms with Gasteiger partial charge in [-0.05, 0) is 97.4 Å². The summed E-state index contributed by atoms with van der Waals surface area (Å²) >= 11 is 0. The molecule has 4 nitrogen and oxygen atoms in total. The second-order valence-electron chi connectivity index (χ2n) is 12.7. The maximum atomic E-state index is 9.88. The van der Waals surface area contributed by atoms with Crippen LogP contribution in [0.2, 0.25) is 0 Å². The van der Waals surface area contributed by atoms with Crippen molar-refractivity contribution in [3.05, 3.63) is 201 Å². The number of nitrogens with zero attached hydrogens (tertiary/aromatic N) is 3. The Labute approximate surface area is 289 Å². The quantitative estimate of drug-likeness (QED) is 0.132. The Bertz CT molecular complexity index is 2070. The van der Waals surface area contributed by atoms with E-state index < -0.39 is 5.60 Å². The second-order valence-corrected chi connectivity index (χ2v) is 12.7. The van der Waals surface area contributed by atoms with Crippen molar-refractivity contribution in [2.45, 2.75) is 44.6 Å². The molecule has 1 heterocycles. The second kappa shape index (κ2) is 13.9. The molecule has 0 unspecified atom stereocenters. The first kappa shape index (κ1) is 31.5. The molecule has 1 aliphatic heterocycles. The van der Waals surface area contributed by atoms with Crippen LogP contribution in [0.25, 0.3) is 10.9 Å². The van der Waals surface area contributed by atoms with Crippen molar-refractivity contribution in [3.8, 4) is 6.07 Å². The van der Waals surface area contributed by atoms with Gasteiger partial charge in [-0.25, -0.2) is 10.1 Å². The van der Waals surface area contributed by atoms with Crippen LogP contribution in [-0.2, 0) is 23.2 Å². The van der Waals surface area contributed by atoms with Gasteiger partial charge in [0.25, 0.3) is 5.70 Å². The summed E-state index contributed by atoms with van der Waals surface area (Å²) in [5, 5.41) is 9.88. The molecule has 0 radical (unpaired) electrons. The van der Waals surface area contributed by atoms with Gasteiger partial charge < -0.3 is 9.64 Å². The van der Waals surface area contributed by atoms with Gasteiger partial charge in [0.05, 0.1) is 12.6 Å². The highest BCUT2D eigenvalue weighted by atomic mass is 16.5. The minimum Gasteiger partial charge on any atom is -0.478 e. The molecule has 0 saturated carbocycles. The summed E-state index contributed by atoms with van der Waals surface area (Å²) in [7, 11) is 0. The number of aryl methyl sites for hydroxylation is 2. The lowest BCUT2D eigenvalue weighted by molar-refractivity contribution is 0.0348. The predicted molar refractivity (Wildman–Crippen MR) is 198 cm³/mol. The number of fused-ring (bicyclic) bond motifs is 1. The largest absolute Gasteiger partial charge is 0.478 e. The summed E-state index contributed by atoms with van der Waals surface area (Å²) in [6.07, 6.45) is 10.9. The Morgan fingerprint density at radius 1 is 0.776 bits per heavy atom. The monoisotopic (exact) mass is 635 g/mol. The van der Waals surface area contributed by atoms with E-state index in [0.29, 0.717) is 17.8 Å². The lowest BCUT2D eigenvalue weighted by Crippen LogP contribution is -2.34. The molecule has 0 aromatic heterocycles. The summed E-state index contributed by atoms with van der Waals surface area (Å²) in [6.45, 7) is 9.85. The fourth-order valence-corrected chi connectivity index (χ4v) is 7.07. The first-order valence-corrected chi connectivity index (χ1v) is 16.9. The summed E-state index contributed by atoms with van der Waals surface area (Å²) in [6, 6.07) is 46.3. The van der Waals surface area contributed by atoms with E-state index in [1.54, 1.807) is 0 Å². The molecular weight excluding hydrogens is 599 g/mol. The first-order chi connectivity index (χ1) is 24.1. The van der Waals surface area contributed by atoms with Crippen molar-refractivity contribution in [2.75, 3.05) is 4.90 Å². The van der Waals surface area contributed by atoms with Crippen LogP contribution in [0.4, 0.5) is 17.1 Å². The third-order valence-corrected chi connectivity index (χ3v) is 9.55. The topological polar surface area (TPSA) is 40.6 Å².